The molecule has 0 bridgehead atoms. The molecule has 0 spiro atoms. The molecule has 130 valence electrons. The third-order valence-electron chi connectivity index (χ3n) is 4.03. The van der Waals surface area contributed by atoms with E-state index in [0.29, 0.717) is 27.9 Å². The van der Waals surface area contributed by atoms with Crippen molar-refractivity contribution in [1.82, 2.24) is 4.98 Å². The second-order valence-corrected chi connectivity index (χ2v) is 6.49. The summed E-state index contributed by atoms with van der Waals surface area (Å²) in [6, 6.07) is 12.6. The Morgan fingerprint density at radius 3 is 2.77 bits per heavy atom. The van der Waals surface area contributed by atoms with Crippen LogP contribution in [-0.4, -0.2) is 4.98 Å². The van der Waals surface area contributed by atoms with Gasteiger partial charge in [0.15, 0.2) is 5.58 Å². The third kappa shape index (κ3) is 2.97. The molecule has 0 atom stereocenters. The highest BCUT2D eigenvalue weighted by molar-refractivity contribution is 6.33. The molecule has 6 heteroatoms. The smallest absolute Gasteiger partial charge is 0.359 e. The SMILES string of the molecule is Cc1cc(C)c2oc(-c3cc(Nc4cccoc4=O)ccc3Cl)nc2c1. The molecule has 0 amide bonds. The van der Waals surface area contributed by atoms with Crippen molar-refractivity contribution >= 4 is 34.1 Å². The zero-order chi connectivity index (χ0) is 18.3. The quantitative estimate of drug-likeness (QED) is 0.521. The van der Waals surface area contributed by atoms with Crippen LogP contribution in [0, 0.1) is 13.8 Å². The van der Waals surface area contributed by atoms with Crippen molar-refractivity contribution in [2.24, 2.45) is 0 Å². The largest absolute Gasteiger partial charge is 0.436 e. The molecule has 26 heavy (non-hydrogen) atoms. The molecule has 0 fully saturated rings. The van der Waals surface area contributed by atoms with Crippen LogP contribution >= 0.6 is 11.6 Å². The first-order valence-electron chi connectivity index (χ1n) is 8.04. The number of fused-ring (bicyclic) bond motifs is 1. The summed E-state index contributed by atoms with van der Waals surface area (Å²) in [5, 5.41) is 3.54. The summed E-state index contributed by atoms with van der Waals surface area (Å²) in [7, 11) is 0. The number of nitrogens with zero attached hydrogens (tertiary/aromatic N) is 1. The summed E-state index contributed by atoms with van der Waals surface area (Å²) in [5.41, 5.74) is 4.88. The molecule has 0 aliphatic heterocycles. The minimum Gasteiger partial charge on any atom is -0.436 e. The van der Waals surface area contributed by atoms with Gasteiger partial charge in [-0.25, -0.2) is 9.78 Å². The molecule has 2 heterocycles. The van der Waals surface area contributed by atoms with Gasteiger partial charge in [0.05, 0.1) is 16.8 Å². The molecule has 5 nitrogen and oxygen atoms in total. The van der Waals surface area contributed by atoms with Gasteiger partial charge in [0.1, 0.15) is 11.2 Å². The number of hydrogen-bond acceptors (Lipinski definition) is 5. The van der Waals surface area contributed by atoms with E-state index >= 15 is 0 Å². The number of nitrogens with one attached hydrogen (secondary N) is 1. The number of oxazole rings is 1. The van der Waals surface area contributed by atoms with Crippen LogP contribution in [0.2, 0.25) is 5.02 Å². The lowest BCUT2D eigenvalue weighted by Crippen LogP contribution is -2.05. The summed E-state index contributed by atoms with van der Waals surface area (Å²) in [6.45, 7) is 4.00. The van der Waals surface area contributed by atoms with E-state index in [2.05, 4.69) is 10.3 Å². The molecule has 4 rings (SSSR count). The Morgan fingerprint density at radius 2 is 1.96 bits per heavy atom. The third-order valence-corrected chi connectivity index (χ3v) is 4.36. The fourth-order valence-corrected chi connectivity index (χ4v) is 3.07. The van der Waals surface area contributed by atoms with Crippen LogP contribution in [0.15, 0.2) is 62.4 Å². The van der Waals surface area contributed by atoms with Crippen molar-refractivity contribution in [2.45, 2.75) is 13.8 Å². The predicted octanol–water partition coefficient (Wildman–Crippen LogP) is 5.46. The predicted molar refractivity (Wildman–Crippen MR) is 102 cm³/mol. The maximum absolute atomic E-state index is 11.7. The lowest BCUT2D eigenvalue weighted by atomic mass is 10.1. The van der Waals surface area contributed by atoms with Crippen LogP contribution in [-0.2, 0) is 0 Å². The van der Waals surface area contributed by atoms with Crippen LogP contribution < -0.4 is 10.9 Å². The van der Waals surface area contributed by atoms with E-state index in [-0.39, 0.29) is 0 Å². The Bertz CT molecular complexity index is 1180. The molecule has 1 N–H and O–H groups in total. The fourth-order valence-electron chi connectivity index (χ4n) is 2.88. The molecule has 0 radical (unpaired) electrons. The van der Waals surface area contributed by atoms with E-state index < -0.39 is 5.63 Å². The lowest BCUT2D eigenvalue weighted by molar-refractivity contribution is 0.513. The summed E-state index contributed by atoms with van der Waals surface area (Å²) in [5.74, 6) is 0.433. The van der Waals surface area contributed by atoms with Crippen LogP contribution in [0.1, 0.15) is 11.1 Å². The van der Waals surface area contributed by atoms with Gasteiger partial charge in [0.2, 0.25) is 5.89 Å². The number of aryl methyl sites for hydroxylation is 2. The number of aromatic nitrogens is 1. The highest BCUT2D eigenvalue weighted by Crippen LogP contribution is 2.34. The Balaban J connectivity index is 1.78. The van der Waals surface area contributed by atoms with Crippen molar-refractivity contribution in [3.8, 4) is 11.5 Å². The second-order valence-electron chi connectivity index (χ2n) is 6.08. The summed E-state index contributed by atoms with van der Waals surface area (Å²) in [6.07, 6.45) is 1.34. The van der Waals surface area contributed by atoms with Gasteiger partial charge in [-0.3, -0.25) is 0 Å². The topological polar surface area (TPSA) is 68.3 Å². The van der Waals surface area contributed by atoms with Crippen LogP contribution in [0.4, 0.5) is 11.4 Å². The minimum atomic E-state index is -0.447. The van der Waals surface area contributed by atoms with Crippen LogP contribution in [0.25, 0.3) is 22.6 Å². The molecule has 0 aliphatic carbocycles. The molecule has 0 unspecified atom stereocenters. The second kappa shape index (κ2) is 6.35. The van der Waals surface area contributed by atoms with Crippen molar-refractivity contribution in [3.63, 3.8) is 0 Å². The molecular formula is C20H15ClN2O3. The Kier molecular flexibility index (Phi) is 4.01. The zero-order valence-electron chi connectivity index (χ0n) is 14.2. The zero-order valence-corrected chi connectivity index (χ0v) is 14.9. The van der Waals surface area contributed by atoms with Gasteiger partial charge in [-0.15, -0.1) is 0 Å². The number of rotatable bonds is 3. The molecular weight excluding hydrogens is 352 g/mol. The fraction of sp³-hybridized carbons (Fsp3) is 0.100. The molecule has 0 saturated heterocycles. The number of hydrogen-bond donors (Lipinski definition) is 1. The first-order chi connectivity index (χ1) is 12.5. The number of benzene rings is 2. The normalized spacial score (nSPS) is 11.0. The minimum absolute atomic E-state index is 0.338. The maximum Gasteiger partial charge on any atom is 0.359 e. The van der Waals surface area contributed by atoms with Crippen molar-refractivity contribution in [2.75, 3.05) is 5.32 Å². The lowest BCUT2D eigenvalue weighted by Gasteiger charge is -2.07. The summed E-state index contributed by atoms with van der Waals surface area (Å²) >= 11 is 6.36. The van der Waals surface area contributed by atoms with Gasteiger partial charge in [0.25, 0.3) is 0 Å². The standard InChI is InChI=1S/C20H15ClN2O3/c1-11-8-12(2)18-17(9-11)23-19(26-18)14-10-13(5-6-15(14)21)22-16-4-3-7-25-20(16)24/h3-10,22H,1-2H3. The van der Waals surface area contributed by atoms with E-state index in [4.69, 9.17) is 20.4 Å². The molecule has 0 aliphatic rings. The Labute approximate surface area is 154 Å². The Morgan fingerprint density at radius 1 is 1.12 bits per heavy atom. The first-order valence-corrected chi connectivity index (χ1v) is 8.41. The van der Waals surface area contributed by atoms with E-state index in [0.717, 1.165) is 22.2 Å². The van der Waals surface area contributed by atoms with Gasteiger partial charge in [-0.2, -0.15) is 0 Å². The number of halogens is 1. The highest BCUT2D eigenvalue weighted by atomic mass is 35.5. The Hall–Kier alpha value is -3.05. The van der Waals surface area contributed by atoms with Gasteiger partial charge in [-0.05, 0) is 61.4 Å². The molecule has 2 aromatic carbocycles. The average molecular weight is 367 g/mol. The first kappa shape index (κ1) is 16.4. The average Bonchev–Trinajstić information content (AvgIpc) is 3.02. The van der Waals surface area contributed by atoms with E-state index in [9.17, 15) is 4.79 Å². The highest BCUT2D eigenvalue weighted by Gasteiger charge is 2.14. The van der Waals surface area contributed by atoms with Crippen LogP contribution in [0.5, 0.6) is 0 Å². The molecule has 4 aromatic rings. The van der Waals surface area contributed by atoms with E-state index in [1.807, 2.05) is 26.0 Å². The molecule has 2 aromatic heterocycles. The summed E-state index contributed by atoms with van der Waals surface area (Å²) in [4.78, 5) is 16.3. The number of anilines is 2. The van der Waals surface area contributed by atoms with Crippen molar-refractivity contribution in [1.29, 1.82) is 0 Å². The van der Waals surface area contributed by atoms with Crippen LogP contribution in [0.3, 0.4) is 0 Å². The van der Waals surface area contributed by atoms with Gasteiger partial charge in [-0.1, -0.05) is 17.7 Å². The van der Waals surface area contributed by atoms with Gasteiger partial charge < -0.3 is 14.2 Å². The van der Waals surface area contributed by atoms with Crippen molar-refractivity contribution in [3.05, 3.63) is 75.3 Å². The van der Waals surface area contributed by atoms with E-state index in [1.165, 1.54) is 6.26 Å². The van der Waals surface area contributed by atoms with Gasteiger partial charge in [0, 0.05) is 5.69 Å². The van der Waals surface area contributed by atoms with Crippen molar-refractivity contribution < 1.29 is 8.83 Å². The van der Waals surface area contributed by atoms with Gasteiger partial charge >= 0.3 is 5.63 Å². The molecule has 0 saturated carbocycles. The monoisotopic (exact) mass is 366 g/mol. The summed E-state index contributed by atoms with van der Waals surface area (Å²) < 4.78 is 10.8. The van der Waals surface area contributed by atoms with E-state index in [1.54, 1.807) is 30.3 Å². The maximum atomic E-state index is 11.7.